The first-order valence-electron chi connectivity index (χ1n) is 9.70. The number of hydrogen-bond donors (Lipinski definition) is 0. The molecule has 0 spiro atoms. The smallest absolute Gasteiger partial charge is 0.278 e. The molecule has 0 N–H and O–H groups in total. The van der Waals surface area contributed by atoms with E-state index in [4.69, 9.17) is 0 Å². The summed E-state index contributed by atoms with van der Waals surface area (Å²) in [4.78, 5) is 29.5. The largest absolute Gasteiger partial charge is 0.332 e. The van der Waals surface area contributed by atoms with E-state index in [0.717, 1.165) is 5.56 Å². The SMILES string of the molecule is Cc1cc(=O)c(C(=O)N(CCN(C)C)Cc2ccccc2)nn1-c1ccccc1F. The Kier molecular flexibility index (Phi) is 6.74. The third-order valence-corrected chi connectivity index (χ3v) is 4.71. The average Bonchev–Trinajstić information content (AvgIpc) is 2.72. The topological polar surface area (TPSA) is 58.4 Å². The second-order valence-corrected chi connectivity index (χ2v) is 7.38. The number of hydrogen-bond acceptors (Lipinski definition) is 4. The molecular formula is C23H25FN4O2. The minimum absolute atomic E-state index is 0.187. The van der Waals surface area contributed by atoms with Gasteiger partial charge in [0.05, 0.1) is 0 Å². The highest BCUT2D eigenvalue weighted by molar-refractivity contribution is 5.92. The van der Waals surface area contributed by atoms with E-state index in [1.54, 1.807) is 30.0 Å². The molecule has 3 aromatic rings. The van der Waals surface area contributed by atoms with Crippen LogP contribution in [0.15, 0.2) is 65.5 Å². The molecule has 0 radical (unpaired) electrons. The maximum Gasteiger partial charge on any atom is 0.278 e. The van der Waals surface area contributed by atoms with E-state index in [-0.39, 0.29) is 11.4 Å². The number of carbonyl (C=O) groups is 1. The number of likely N-dealkylation sites (N-methyl/N-ethyl adjacent to an activating group) is 1. The first-order chi connectivity index (χ1) is 14.4. The van der Waals surface area contributed by atoms with Crippen molar-refractivity contribution in [3.05, 3.63) is 93.7 Å². The third kappa shape index (κ3) is 4.99. The van der Waals surface area contributed by atoms with Gasteiger partial charge in [-0.25, -0.2) is 9.07 Å². The van der Waals surface area contributed by atoms with Crippen molar-refractivity contribution in [1.82, 2.24) is 19.6 Å². The second kappa shape index (κ2) is 9.45. The van der Waals surface area contributed by atoms with Crippen molar-refractivity contribution < 1.29 is 9.18 Å². The lowest BCUT2D eigenvalue weighted by molar-refractivity contribution is 0.0722. The Morgan fingerprint density at radius 3 is 2.37 bits per heavy atom. The Labute approximate surface area is 175 Å². The van der Waals surface area contributed by atoms with Gasteiger partial charge < -0.3 is 9.80 Å². The van der Waals surface area contributed by atoms with Gasteiger partial charge in [0.1, 0.15) is 11.5 Å². The summed E-state index contributed by atoms with van der Waals surface area (Å²) in [6.07, 6.45) is 0. The summed E-state index contributed by atoms with van der Waals surface area (Å²) in [6.45, 7) is 3.06. The van der Waals surface area contributed by atoms with Crippen LogP contribution in [0.2, 0.25) is 0 Å². The molecule has 6 nitrogen and oxygen atoms in total. The van der Waals surface area contributed by atoms with Crippen molar-refractivity contribution in [2.45, 2.75) is 13.5 Å². The minimum atomic E-state index is -0.483. The molecule has 3 rings (SSSR count). The molecule has 0 saturated carbocycles. The standard InChI is InChI=1S/C23H25FN4O2/c1-17-15-21(29)22(25-28(17)20-12-8-7-11-19(20)24)23(30)27(14-13-26(2)3)16-18-9-5-4-6-10-18/h4-12,15H,13-14,16H2,1-3H3. The van der Waals surface area contributed by atoms with Gasteiger partial charge in [0.2, 0.25) is 5.43 Å². The number of rotatable bonds is 7. The Balaban J connectivity index is 2.00. The van der Waals surface area contributed by atoms with Crippen LogP contribution >= 0.6 is 0 Å². The van der Waals surface area contributed by atoms with Gasteiger partial charge >= 0.3 is 0 Å². The van der Waals surface area contributed by atoms with E-state index in [1.165, 1.54) is 16.8 Å². The van der Waals surface area contributed by atoms with Crippen molar-refractivity contribution >= 4 is 5.91 Å². The zero-order valence-corrected chi connectivity index (χ0v) is 17.4. The van der Waals surface area contributed by atoms with Gasteiger partial charge in [-0.3, -0.25) is 9.59 Å². The number of halogens is 1. The van der Waals surface area contributed by atoms with E-state index in [1.807, 2.05) is 49.3 Å². The predicted molar refractivity (Wildman–Crippen MR) is 114 cm³/mol. The maximum absolute atomic E-state index is 14.3. The first kappa shape index (κ1) is 21.4. The Morgan fingerprint density at radius 1 is 1.03 bits per heavy atom. The fraction of sp³-hybridized carbons (Fsp3) is 0.261. The highest BCUT2D eigenvalue weighted by atomic mass is 19.1. The van der Waals surface area contributed by atoms with Crippen LogP contribution in [0.3, 0.4) is 0 Å². The van der Waals surface area contributed by atoms with E-state index in [2.05, 4.69) is 5.10 Å². The molecular weight excluding hydrogens is 383 g/mol. The molecule has 1 amide bonds. The van der Waals surface area contributed by atoms with E-state index < -0.39 is 17.2 Å². The number of aryl methyl sites for hydroxylation is 1. The molecule has 30 heavy (non-hydrogen) atoms. The highest BCUT2D eigenvalue weighted by Gasteiger charge is 2.22. The summed E-state index contributed by atoms with van der Waals surface area (Å²) in [5, 5.41) is 4.25. The summed E-state index contributed by atoms with van der Waals surface area (Å²) >= 11 is 0. The lowest BCUT2D eigenvalue weighted by Gasteiger charge is -2.24. The molecule has 0 atom stereocenters. The normalized spacial score (nSPS) is 11.0. The van der Waals surface area contributed by atoms with Gasteiger partial charge in [-0.15, -0.1) is 0 Å². The van der Waals surface area contributed by atoms with E-state index >= 15 is 0 Å². The van der Waals surface area contributed by atoms with Crippen LogP contribution in [-0.2, 0) is 6.54 Å². The fourth-order valence-corrected chi connectivity index (χ4v) is 3.09. The van der Waals surface area contributed by atoms with Crippen LogP contribution in [0, 0.1) is 12.7 Å². The van der Waals surface area contributed by atoms with Crippen LogP contribution in [0.25, 0.3) is 5.69 Å². The Morgan fingerprint density at radius 2 is 1.70 bits per heavy atom. The molecule has 0 aliphatic heterocycles. The highest BCUT2D eigenvalue weighted by Crippen LogP contribution is 2.14. The average molecular weight is 408 g/mol. The molecule has 0 bridgehead atoms. The first-order valence-corrected chi connectivity index (χ1v) is 9.70. The number of nitrogens with zero attached hydrogens (tertiary/aromatic N) is 4. The van der Waals surface area contributed by atoms with Crippen LogP contribution in [-0.4, -0.2) is 52.7 Å². The number of carbonyl (C=O) groups excluding carboxylic acids is 1. The summed E-state index contributed by atoms with van der Waals surface area (Å²) in [7, 11) is 3.83. The lowest BCUT2D eigenvalue weighted by Crippen LogP contribution is -2.39. The van der Waals surface area contributed by atoms with E-state index in [9.17, 15) is 14.0 Å². The third-order valence-electron chi connectivity index (χ3n) is 4.71. The Bertz CT molecular complexity index is 1080. The molecule has 1 heterocycles. The molecule has 0 saturated heterocycles. The molecule has 2 aromatic carbocycles. The summed E-state index contributed by atoms with van der Waals surface area (Å²) in [5.41, 5.74) is 0.884. The molecule has 0 aliphatic carbocycles. The number of amides is 1. The van der Waals surface area contributed by atoms with Crippen LogP contribution in [0.1, 0.15) is 21.7 Å². The molecule has 7 heteroatoms. The lowest BCUT2D eigenvalue weighted by atomic mass is 10.2. The predicted octanol–water partition coefficient (Wildman–Crippen LogP) is 2.88. The van der Waals surface area contributed by atoms with Crippen LogP contribution in [0.5, 0.6) is 0 Å². The number of aromatic nitrogens is 2. The zero-order valence-electron chi connectivity index (χ0n) is 17.4. The van der Waals surface area contributed by atoms with Crippen molar-refractivity contribution in [2.24, 2.45) is 0 Å². The van der Waals surface area contributed by atoms with Crippen molar-refractivity contribution in [3.63, 3.8) is 0 Å². The monoisotopic (exact) mass is 408 g/mol. The number of para-hydroxylation sites is 1. The van der Waals surface area contributed by atoms with Crippen LogP contribution < -0.4 is 5.43 Å². The molecule has 0 unspecified atom stereocenters. The molecule has 156 valence electrons. The van der Waals surface area contributed by atoms with Gasteiger partial charge in [0, 0.05) is 31.4 Å². The summed E-state index contributed by atoms with van der Waals surface area (Å²) in [6, 6.07) is 17.0. The van der Waals surface area contributed by atoms with Crippen molar-refractivity contribution in [3.8, 4) is 5.69 Å². The fourth-order valence-electron chi connectivity index (χ4n) is 3.09. The van der Waals surface area contributed by atoms with Gasteiger partial charge in [0.15, 0.2) is 5.69 Å². The second-order valence-electron chi connectivity index (χ2n) is 7.38. The van der Waals surface area contributed by atoms with Gasteiger partial charge in [0.25, 0.3) is 5.91 Å². The summed E-state index contributed by atoms with van der Waals surface area (Å²) < 4.78 is 15.6. The zero-order chi connectivity index (χ0) is 21.7. The van der Waals surface area contributed by atoms with Gasteiger partial charge in [-0.05, 0) is 38.7 Å². The van der Waals surface area contributed by atoms with Crippen molar-refractivity contribution in [2.75, 3.05) is 27.2 Å². The van der Waals surface area contributed by atoms with Crippen molar-refractivity contribution in [1.29, 1.82) is 0 Å². The van der Waals surface area contributed by atoms with Gasteiger partial charge in [-0.1, -0.05) is 42.5 Å². The molecule has 0 aliphatic rings. The van der Waals surface area contributed by atoms with Crippen LogP contribution in [0.4, 0.5) is 4.39 Å². The molecule has 1 aromatic heterocycles. The minimum Gasteiger partial charge on any atom is -0.332 e. The number of benzene rings is 2. The maximum atomic E-state index is 14.3. The molecule has 0 fully saturated rings. The van der Waals surface area contributed by atoms with E-state index in [0.29, 0.717) is 25.3 Å². The summed E-state index contributed by atoms with van der Waals surface area (Å²) in [5.74, 6) is -0.959. The quantitative estimate of drug-likeness (QED) is 0.603. The Hall–Kier alpha value is -3.32. The van der Waals surface area contributed by atoms with Gasteiger partial charge in [-0.2, -0.15) is 5.10 Å².